The summed E-state index contributed by atoms with van der Waals surface area (Å²) in [6.07, 6.45) is 3.34. The van der Waals surface area contributed by atoms with Crippen LogP contribution in [0.2, 0.25) is 5.02 Å². The molecule has 0 heterocycles. The number of hydrogen-bond acceptors (Lipinski definition) is 1. The molecule has 88 valence electrons. The van der Waals surface area contributed by atoms with E-state index in [0.717, 1.165) is 24.6 Å². The molecule has 0 bridgehead atoms. The summed E-state index contributed by atoms with van der Waals surface area (Å²) in [5.74, 6) is -0.507. The maximum atomic E-state index is 13.0. The van der Waals surface area contributed by atoms with E-state index in [9.17, 15) is 9.18 Å². The summed E-state index contributed by atoms with van der Waals surface area (Å²) in [5.41, 5.74) is 0.365. The fourth-order valence-electron chi connectivity index (χ4n) is 1.42. The van der Waals surface area contributed by atoms with Crippen LogP contribution in [0.15, 0.2) is 18.2 Å². The first-order chi connectivity index (χ1) is 7.63. The third kappa shape index (κ3) is 4.62. The van der Waals surface area contributed by atoms with Gasteiger partial charge in [-0.15, -0.1) is 0 Å². The molecule has 0 spiro atoms. The van der Waals surface area contributed by atoms with Gasteiger partial charge in [0.2, 0.25) is 0 Å². The average molecular weight is 308 g/mol. The highest BCUT2D eigenvalue weighted by molar-refractivity contribution is 9.09. The molecule has 1 rings (SSSR count). The first-order valence-electron chi connectivity index (χ1n) is 5.18. The Morgan fingerprint density at radius 3 is 2.62 bits per heavy atom. The number of carbonyl (C=O) groups is 1. The number of halogens is 3. The molecule has 0 N–H and O–H groups in total. The Labute approximate surface area is 108 Å². The van der Waals surface area contributed by atoms with Gasteiger partial charge in [0, 0.05) is 22.3 Å². The van der Waals surface area contributed by atoms with Gasteiger partial charge in [-0.2, -0.15) is 0 Å². The largest absolute Gasteiger partial charge is 0.294 e. The molecule has 0 saturated heterocycles. The van der Waals surface area contributed by atoms with Crippen molar-refractivity contribution in [2.45, 2.75) is 25.7 Å². The summed E-state index contributed by atoms with van der Waals surface area (Å²) in [7, 11) is 0. The zero-order valence-corrected chi connectivity index (χ0v) is 11.2. The van der Waals surface area contributed by atoms with Gasteiger partial charge in [0.25, 0.3) is 0 Å². The molecule has 0 aliphatic carbocycles. The summed E-state index contributed by atoms with van der Waals surface area (Å²) in [6, 6.07) is 3.94. The van der Waals surface area contributed by atoms with E-state index in [1.54, 1.807) is 0 Å². The normalized spacial score (nSPS) is 10.4. The summed E-state index contributed by atoms with van der Waals surface area (Å²) in [4.78, 5) is 11.7. The molecule has 0 atom stereocenters. The van der Waals surface area contributed by atoms with Crippen LogP contribution in [0.4, 0.5) is 4.39 Å². The number of ketones is 1. The molecular weight excluding hydrogens is 294 g/mol. The van der Waals surface area contributed by atoms with Gasteiger partial charge < -0.3 is 0 Å². The predicted molar refractivity (Wildman–Crippen MR) is 68.0 cm³/mol. The van der Waals surface area contributed by atoms with Crippen LogP contribution in [0.3, 0.4) is 0 Å². The van der Waals surface area contributed by atoms with Gasteiger partial charge >= 0.3 is 0 Å². The molecule has 0 radical (unpaired) electrons. The van der Waals surface area contributed by atoms with Crippen LogP contribution in [-0.2, 0) is 0 Å². The SMILES string of the molecule is O=C(CCCCCBr)c1cc(F)cc(Cl)c1. The fourth-order valence-corrected chi connectivity index (χ4v) is 2.03. The molecule has 4 heteroatoms. The summed E-state index contributed by atoms with van der Waals surface area (Å²) < 4.78 is 13.0. The van der Waals surface area contributed by atoms with E-state index in [1.807, 2.05) is 0 Å². The maximum absolute atomic E-state index is 13.0. The van der Waals surface area contributed by atoms with Crippen molar-refractivity contribution >= 4 is 33.3 Å². The number of unbranched alkanes of at least 4 members (excludes halogenated alkanes) is 2. The molecule has 16 heavy (non-hydrogen) atoms. The van der Waals surface area contributed by atoms with E-state index < -0.39 is 5.82 Å². The molecule has 0 aliphatic rings. The summed E-state index contributed by atoms with van der Waals surface area (Å²) in [6.45, 7) is 0. The first-order valence-corrected chi connectivity index (χ1v) is 6.68. The molecule has 0 fully saturated rings. The van der Waals surface area contributed by atoms with Crippen LogP contribution in [0.25, 0.3) is 0 Å². The van der Waals surface area contributed by atoms with Crippen molar-refractivity contribution in [1.29, 1.82) is 0 Å². The van der Waals surface area contributed by atoms with Crippen molar-refractivity contribution in [3.8, 4) is 0 Å². The lowest BCUT2D eigenvalue weighted by molar-refractivity contribution is 0.0979. The first kappa shape index (κ1) is 13.7. The van der Waals surface area contributed by atoms with Crippen molar-refractivity contribution in [3.63, 3.8) is 0 Å². The highest BCUT2D eigenvalue weighted by Gasteiger charge is 2.08. The van der Waals surface area contributed by atoms with E-state index in [4.69, 9.17) is 11.6 Å². The number of alkyl halides is 1. The van der Waals surface area contributed by atoms with E-state index in [-0.39, 0.29) is 10.8 Å². The molecule has 0 aliphatic heterocycles. The monoisotopic (exact) mass is 306 g/mol. The molecule has 0 amide bonds. The Kier molecular flexibility index (Phi) is 5.99. The van der Waals surface area contributed by atoms with Crippen LogP contribution in [-0.4, -0.2) is 11.1 Å². The van der Waals surface area contributed by atoms with Crippen LogP contribution in [0.5, 0.6) is 0 Å². The zero-order chi connectivity index (χ0) is 12.0. The number of benzene rings is 1. The van der Waals surface area contributed by atoms with Gasteiger partial charge in [-0.05, 0) is 31.0 Å². The predicted octanol–water partition coefficient (Wildman–Crippen LogP) is 4.62. The number of rotatable bonds is 6. The second-order valence-electron chi connectivity index (χ2n) is 3.58. The Bertz CT molecular complexity index is 348. The van der Waals surface area contributed by atoms with Gasteiger partial charge in [-0.3, -0.25) is 4.79 Å². The van der Waals surface area contributed by atoms with E-state index in [1.165, 1.54) is 18.2 Å². The Morgan fingerprint density at radius 2 is 2.00 bits per heavy atom. The Morgan fingerprint density at radius 1 is 1.25 bits per heavy atom. The number of hydrogen-bond donors (Lipinski definition) is 0. The maximum Gasteiger partial charge on any atom is 0.163 e. The van der Waals surface area contributed by atoms with Crippen LogP contribution in [0.1, 0.15) is 36.0 Å². The lowest BCUT2D eigenvalue weighted by atomic mass is 10.0. The minimum absolute atomic E-state index is 0.0454. The highest BCUT2D eigenvalue weighted by Crippen LogP contribution is 2.16. The standard InChI is InChI=1S/C12H13BrClFO/c13-5-3-1-2-4-12(16)9-6-10(14)8-11(15)7-9/h6-8H,1-5H2. The summed E-state index contributed by atoms with van der Waals surface area (Å²) in [5, 5.41) is 1.22. The topological polar surface area (TPSA) is 17.1 Å². The second-order valence-corrected chi connectivity index (χ2v) is 4.81. The van der Waals surface area contributed by atoms with E-state index in [2.05, 4.69) is 15.9 Å². The van der Waals surface area contributed by atoms with E-state index in [0.29, 0.717) is 12.0 Å². The minimum atomic E-state index is -0.462. The van der Waals surface area contributed by atoms with Gasteiger partial charge in [0.05, 0.1) is 0 Å². The van der Waals surface area contributed by atoms with Gasteiger partial charge in [-0.1, -0.05) is 34.0 Å². The van der Waals surface area contributed by atoms with Gasteiger partial charge in [0.1, 0.15) is 5.82 Å². The number of carbonyl (C=O) groups excluding carboxylic acids is 1. The molecule has 1 aromatic carbocycles. The highest BCUT2D eigenvalue weighted by atomic mass is 79.9. The fraction of sp³-hybridized carbons (Fsp3) is 0.417. The molecule has 1 aromatic rings. The zero-order valence-electron chi connectivity index (χ0n) is 8.81. The van der Waals surface area contributed by atoms with Crippen LogP contribution in [0, 0.1) is 5.82 Å². The van der Waals surface area contributed by atoms with Crippen LogP contribution >= 0.6 is 27.5 Å². The Hall–Kier alpha value is -0.410. The van der Waals surface area contributed by atoms with Gasteiger partial charge in [0.15, 0.2) is 5.78 Å². The summed E-state index contributed by atoms with van der Waals surface area (Å²) >= 11 is 9.01. The molecule has 0 saturated carbocycles. The smallest absolute Gasteiger partial charge is 0.163 e. The van der Waals surface area contributed by atoms with Crippen LogP contribution < -0.4 is 0 Å². The van der Waals surface area contributed by atoms with Crippen molar-refractivity contribution in [2.24, 2.45) is 0 Å². The van der Waals surface area contributed by atoms with Crippen molar-refractivity contribution in [3.05, 3.63) is 34.6 Å². The minimum Gasteiger partial charge on any atom is -0.294 e. The van der Waals surface area contributed by atoms with Crippen molar-refractivity contribution < 1.29 is 9.18 Å². The average Bonchev–Trinajstić information content (AvgIpc) is 2.22. The third-order valence-electron chi connectivity index (χ3n) is 2.22. The lowest BCUT2D eigenvalue weighted by Crippen LogP contribution is -1.99. The number of Topliss-reactive ketones (excluding diaryl/α,β-unsaturated/α-hetero) is 1. The third-order valence-corrected chi connectivity index (χ3v) is 3.00. The quantitative estimate of drug-likeness (QED) is 0.426. The molecule has 0 unspecified atom stereocenters. The lowest BCUT2D eigenvalue weighted by Gasteiger charge is -2.02. The van der Waals surface area contributed by atoms with E-state index >= 15 is 0 Å². The molecule has 1 nitrogen and oxygen atoms in total. The van der Waals surface area contributed by atoms with Gasteiger partial charge in [-0.25, -0.2) is 4.39 Å². The Balaban J connectivity index is 2.52. The molecule has 0 aromatic heterocycles. The molecular formula is C12H13BrClFO. The van der Waals surface area contributed by atoms with Crippen molar-refractivity contribution in [2.75, 3.05) is 5.33 Å². The second kappa shape index (κ2) is 7.02. The van der Waals surface area contributed by atoms with Crippen molar-refractivity contribution in [1.82, 2.24) is 0 Å².